The number of hydrogen-bond acceptors (Lipinski definition) is 2. The van der Waals surface area contributed by atoms with Gasteiger partial charge in [-0.1, -0.05) is 24.3 Å². The number of carbonyl (C=O) groups excluding carboxylic acids is 1. The van der Waals surface area contributed by atoms with E-state index in [0.29, 0.717) is 6.42 Å². The van der Waals surface area contributed by atoms with Gasteiger partial charge in [0.2, 0.25) is 0 Å². The molecule has 0 bridgehead atoms. The van der Waals surface area contributed by atoms with Crippen LogP contribution in [0.2, 0.25) is 0 Å². The van der Waals surface area contributed by atoms with E-state index in [9.17, 15) is 4.79 Å². The van der Waals surface area contributed by atoms with Gasteiger partial charge in [-0.2, -0.15) is 0 Å². The number of nitrogens with zero attached hydrogens (tertiary/aromatic N) is 1. The van der Waals surface area contributed by atoms with E-state index in [1.165, 1.54) is 11.1 Å². The lowest BCUT2D eigenvalue weighted by molar-refractivity contribution is -0.116. The number of aromatic nitrogens is 1. The minimum atomic E-state index is 0.201. The largest absolute Gasteiger partial charge is 0.300 e. The molecule has 0 aliphatic heterocycles. The molecular weight excluding hydrogens is 210 g/mol. The van der Waals surface area contributed by atoms with Crippen molar-refractivity contribution in [1.29, 1.82) is 0 Å². The summed E-state index contributed by atoms with van der Waals surface area (Å²) in [4.78, 5) is 15.0. The van der Waals surface area contributed by atoms with Crippen LogP contribution in [0.3, 0.4) is 0 Å². The molecule has 0 saturated heterocycles. The normalized spacial score (nSPS) is 10.2. The Morgan fingerprint density at radius 2 is 1.47 bits per heavy atom. The lowest BCUT2D eigenvalue weighted by Gasteiger charge is -2.03. The second kappa shape index (κ2) is 5.39. The molecule has 0 N–H and O–H groups in total. The molecule has 2 aromatic rings. The van der Waals surface area contributed by atoms with Gasteiger partial charge in [0, 0.05) is 18.8 Å². The molecule has 0 unspecified atom stereocenters. The molecule has 0 radical (unpaired) electrons. The molecule has 0 spiro atoms. The van der Waals surface area contributed by atoms with Crippen molar-refractivity contribution in [3.05, 3.63) is 65.5 Å². The van der Waals surface area contributed by atoms with E-state index < -0.39 is 0 Å². The summed E-state index contributed by atoms with van der Waals surface area (Å²) in [5.74, 6) is 0.201. The monoisotopic (exact) mass is 225 g/mol. The van der Waals surface area contributed by atoms with Crippen molar-refractivity contribution in [3.63, 3.8) is 0 Å². The van der Waals surface area contributed by atoms with E-state index in [1.807, 2.05) is 24.3 Å². The van der Waals surface area contributed by atoms with Crippen molar-refractivity contribution in [2.75, 3.05) is 0 Å². The van der Waals surface area contributed by atoms with Crippen LogP contribution in [-0.2, 0) is 17.6 Å². The summed E-state index contributed by atoms with van der Waals surface area (Å²) in [6.07, 6.45) is 5.04. The lowest BCUT2D eigenvalue weighted by Crippen LogP contribution is -1.96. The molecule has 17 heavy (non-hydrogen) atoms. The summed E-state index contributed by atoms with van der Waals surface area (Å²) >= 11 is 0. The minimum Gasteiger partial charge on any atom is -0.300 e. The highest BCUT2D eigenvalue weighted by atomic mass is 16.1. The third kappa shape index (κ3) is 3.52. The molecule has 0 atom stereocenters. The minimum absolute atomic E-state index is 0.201. The summed E-state index contributed by atoms with van der Waals surface area (Å²) < 4.78 is 0. The van der Waals surface area contributed by atoms with Gasteiger partial charge in [0.1, 0.15) is 5.78 Å². The van der Waals surface area contributed by atoms with Gasteiger partial charge in [0.15, 0.2) is 0 Å². The molecule has 0 aliphatic rings. The molecule has 2 nitrogen and oxygen atoms in total. The van der Waals surface area contributed by atoms with Crippen LogP contribution < -0.4 is 0 Å². The molecule has 1 heterocycles. The van der Waals surface area contributed by atoms with Crippen LogP contribution in [0.25, 0.3) is 0 Å². The van der Waals surface area contributed by atoms with Crippen LogP contribution in [0.15, 0.2) is 48.8 Å². The average Bonchev–Trinajstić information content (AvgIpc) is 2.32. The lowest BCUT2D eigenvalue weighted by atomic mass is 10.0. The molecule has 0 aliphatic carbocycles. The zero-order valence-corrected chi connectivity index (χ0v) is 9.89. The Hall–Kier alpha value is -1.96. The second-order valence-electron chi connectivity index (χ2n) is 4.23. The maximum Gasteiger partial charge on any atom is 0.134 e. The van der Waals surface area contributed by atoms with Crippen LogP contribution in [0.5, 0.6) is 0 Å². The predicted molar refractivity (Wildman–Crippen MR) is 67.9 cm³/mol. The number of carbonyl (C=O) groups is 1. The van der Waals surface area contributed by atoms with Crippen molar-refractivity contribution < 1.29 is 4.79 Å². The van der Waals surface area contributed by atoms with Crippen LogP contribution >= 0.6 is 0 Å². The van der Waals surface area contributed by atoms with Gasteiger partial charge < -0.3 is 0 Å². The summed E-state index contributed by atoms with van der Waals surface area (Å²) in [5, 5.41) is 0. The first-order valence-corrected chi connectivity index (χ1v) is 5.70. The van der Waals surface area contributed by atoms with E-state index in [-0.39, 0.29) is 5.78 Å². The van der Waals surface area contributed by atoms with Crippen molar-refractivity contribution in [2.24, 2.45) is 0 Å². The Labute approximate surface area is 101 Å². The predicted octanol–water partition coefficient (Wildman–Crippen LogP) is 2.80. The molecule has 0 amide bonds. The standard InChI is InChI=1S/C15H15NO/c1-12(17)10-13-2-4-14(5-3-13)11-15-6-8-16-9-7-15/h2-9H,10-11H2,1H3. The molecule has 1 aromatic heterocycles. The van der Waals surface area contributed by atoms with Gasteiger partial charge >= 0.3 is 0 Å². The zero-order valence-electron chi connectivity index (χ0n) is 9.89. The van der Waals surface area contributed by atoms with E-state index in [1.54, 1.807) is 19.3 Å². The Bertz CT molecular complexity index is 488. The molecular formula is C15H15NO. The van der Waals surface area contributed by atoms with Gasteiger partial charge in [-0.25, -0.2) is 0 Å². The van der Waals surface area contributed by atoms with Crippen molar-refractivity contribution >= 4 is 5.78 Å². The first-order valence-electron chi connectivity index (χ1n) is 5.70. The highest BCUT2D eigenvalue weighted by Gasteiger charge is 1.99. The first kappa shape index (κ1) is 11.5. The molecule has 0 fully saturated rings. The number of pyridine rings is 1. The third-order valence-electron chi connectivity index (χ3n) is 2.63. The van der Waals surface area contributed by atoms with E-state index in [2.05, 4.69) is 17.1 Å². The summed E-state index contributed by atoms with van der Waals surface area (Å²) in [6, 6.07) is 12.3. The number of hydrogen-bond donors (Lipinski definition) is 0. The Morgan fingerprint density at radius 1 is 0.941 bits per heavy atom. The van der Waals surface area contributed by atoms with Crippen LogP contribution in [0, 0.1) is 0 Å². The van der Waals surface area contributed by atoms with E-state index >= 15 is 0 Å². The molecule has 1 aromatic carbocycles. The second-order valence-corrected chi connectivity index (χ2v) is 4.23. The van der Waals surface area contributed by atoms with Gasteiger partial charge in [0.25, 0.3) is 0 Å². The fourth-order valence-corrected chi connectivity index (χ4v) is 1.80. The molecule has 86 valence electrons. The molecule has 2 rings (SSSR count). The smallest absolute Gasteiger partial charge is 0.134 e. The van der Waals surface area contributed by atoms with Gasteiger partial charge in [-0.05, 0) is 42.2 Å². The summed E-state index contributed by atoms with van der Waals surface area (Å²) in [7, 11) is 0. The van der Waals surface area contributed by atoms with E-state index in [4.69, 9.17) is 0 Å². The molecule has 2 heteroatoms. The van der Waals surface area contributed by atoms with Crippen LogP contribution in [-0.4, -0.2) is 10.8 Å². The topological polar surface area (TPSA) is 30.0 Å². The van der Waals surface area contributed by atoms with Gasteiger partial charge in [-0.3, -0.25) is 9.78 Å². The SMILES string of the molecule is CC(=O)Cc1ccc(Cc2ccncc2)cc1. The van der Waals surface area contributed by atoms with Crippen molar-refractivity contribution in [2.45, 2.75) is 19.8 Å². The maximum atomic E-state index is 11.0. The maximum absolute atomic E-state index is 11.0. The van der Waals surface area contributed by atoms with Gasteiger partial charge in [-0.15, -0.1) is 0 Å². The van der Waals surface area contributed by atoms with E-state index in [0.717, 1.165) is 12.0 Å². The highest BCUT2D eigenvalue weighted by molar-refractivity contribution is 5.78. The number of Topliss-reactive ketones (excluding diaryl/α,β-unsaturated/α-hetero) is 1. The Kier molecular flexibility index (Phi) is 3.66. The van der Waals surface area contributed by atoms with Crippen LogP contribution in [0.4, 0.5) is 0 Å². The molecule has 0 saturated carbocycles. The van der Waals surface area contributed by atoms with Gasteiger partial charge in [0.05, 0.1) is 0 Å². The number of benzene rings is 1. The average molecular weight is 225 g/mol. The Morgan fingerprint density at radius 3 is 2.06 bits per heavy atom. The first-order chi connectivity index (χ1) is 8.24. The van der Waals surface area contributed by atoms with Crippen molar-refractivity contribution in [1.82, 2.24) is 4.98 Å². The quantitative estimate of drug-likeness (QED) is 0.800. The number of ketones is 1. The van der Waals surface area contributed by atoms with Crippen LogP contribution in [0.1, 0.15) is 23.6 Å². The summed E-state index contributed by atoms with van der Waals surface area (Å²) in [6.45, 7) is 1.62. The highest BCUT2D eigenvalue weighted by Crippen LogP contribution is 2.10. The summed E-state index contributed by atoms with van der Waals surface area (Å²) in [5.41, 5.74) is 3.58. The zero-order chi connectivity index (χ0) is 12.1. The van der Waals surface area contributed by atoms with Crippen molar-refractivity contribution in [3.8, 4) is 0 Å². The Balaban J connectivity index is 2.06. The number of rotatable bonds is 4. The fourth-order valence-electron chi connectivity index (χ4n) is 1.80. The fraction of sp³-hybridized carbons (Fsp3) is 0.200. The third-order valence-corrected chi connectivity index (χ3v) is 2.63.